The van der Waals surface area contributed by atoms with Gasteiger partial charge in [0.05, 0.1) is 5.56 Å². The van der Waals surface area contributed by atoms with Crippen LogP contribution in [0.3, 0.4) is 0 Å². The van der Waals surface area contributed by atoms with Crippen LogP contribution in [-0.2, 0) is 0 Å². The number of aromatic nitrogens is 1. The first-order valence-corrected chi connectivity index (χ1v) is 7.54. The van der Waals surface area contributed by atoms with Crippen LogP contribution in [0.25, 0.3) is 0 Å². The molecule has 1 aliphatic carbocycles. The molecule has 4 heteroatoms. The van der Waals surface area contributed by atoms with Crippen molar-refractivity contribution in [2.24, 2.45) is 11.8 Å². The van der Waals surface area contributed by atoms with Gasteiger partial charge < -0.3 is 10.4 Å². The van der Waals surface area contributed by atoms with Gasteiger partial charge in [-0.2, -0.15) is 0 Å². The standard InChI is InChI=1S/C16H24N2O2/c1-3-12-4-6-13(7-5-12)10-17-15-9-14(16(19)20)8-11(2)18-15/h8-9,12-13H,3-7,10H2,1-2H3,(H,17,18)(H,19,20). The molecule has 0 bridgehead atoms. The number of anilines is 1. The lowest BCUT2D eigenvalue weighted by Gasteiger charge is -2.28. The van der Waals surface area contributed by atoms with Crippen LogP contribution >= 0.6 is 0 Å². The first-order chi connectivity index (χ1) is 9.58. The average molecular weight is 276 g/mol. The van der Waals surface area contributed by atoms with Gasteiger partial charge in [0.25, 0.3) is 0 Å². The smallest absolute Gasteiger partial charge is 0.335 e. The first-order valence-electron chi connectivity index (χ1n) is 7.54. The van der Waals surface area contributed by atoms with Gasteiger partial charge >= 0.3 is 5.97 Å². The molecule has 0 unspecified atom stereocenters. The number of hydrogen-bond donors (Lipinski definition) is 2. The lowest BCUT2D eigenvalue weighted by molar-refractivity contribution is 0.0696. The van der Waals surface area contributed by atoms with Gasteiger partial charge in [-0.1, -0.05) is 26.2 Å². The van der Waals surface area contributed by atoms with Crippen molar-refractivity contribution >= 4 is 11.8 Å². The minimum Gasteiger partial charge on any atom is -0.478 e. The van der Waals surface area contributed by atoms with E-state index >= 15 is 0 Å². The van der Waals surface area contributed by atoms with E-state index in [9.17, 15) is 4.79 Å². The number of rotatable bonds is 5. The number of carboxylic acids is 1. The van der Waals surface area contributed by atoms with E-state index < -0.39 is 5.97 Å². The van der Waals surface area contributed by atoms with Gasteiger partial charge in [-0.05, 0) is 43.7 Å². The van der Waals surface area contributed by atoms with Gasteiger partial charge in [-0.15, -0.1) is 0 Å². The third kappa shape index (κ3) is 3.95. The summed E-state index contributed by atoms with van der Waals surface area (Å²) in [7, 11) is 0. The van der Waals surface area contributed by atoms with Crippen LogP contribution in [0, 0.1) is 18.8 Å². The van der Waals surface area contributed by atoms with E-state index in [0.717, 1.165) is 18.2 Å². The molecule has 0 amide bonds. The van der Waals surface area contributed by atoms with Crippen molar-refractivity contribution in [3.8, 4) is 0 Å². The monoisotopic (exact) mass is 276 g/mol. The molecular formula is C16H24N2O2. The Kier molecular flexibility index (Phi) is 4.99. The molecule has 0 saturated heterocycles. The Balaban J connectivity index is 1.89. The number of aromatic carboxylic acids is 1. The van der Waals surface area contributed by atoms with Crippen molar-refractivity contribution in [2.45, 2.75) is 46.0 Å². The van der Waals surface area contributed by atoms with Crippen LogP contribution in [0.4, 0.5) is 5.82 Å². The SMILES string of the molecule is CCC1CCC(CNc2cc(C(=O)O)cc(C)n2)CC1. The third-order valence-corrected chi connectivity index (χ3v) is 4.32. The van der Waals surface area contributed by atoms with Crippen molar-refractivity contribution in [2.75, 3.05) is 11.9 Å². The van der Waals surface area contributed by atoms with E-state index in [1.807, 2.05) is 6.92 Å². The lowest BCUT2D eigenvalue weighted by atomic mass is 9.81. The first kappa shape index (κ1) is 14.8. The van der Waals surface area contributed by atoms with Gasteiger partial charge in [0, 0.05) is 12.2 Å². The number of nitrogens with one attached hydrogen (secondary N) is 1. The van der Waals surface area contributed by atoms with Crippen LogP contribution < -0.4 is 5.32 Å². The summed E-state index contributed by atoms with van der Waals surface area (Å²) in [5.41, 5.74) is 1.04. The van der Waals surface area contributed by atoms with E-state index in [4.69, 9.17) is 5.11 Å². The summed E-state index contributed by atoms with van der Waals surface area (Å²) in [4.78, 5) is 15.4. The molecule has 1 aliphatic rings. The summed E-state index contributed by atoms with van der Waals surface area (Å²) in [6.07, 6.45) is 6.47. The highest BCUT2D eigenvalue weighted by Gasteiger charge is 2.19. The van der Waals surface area contributed by atoms with E-state index in [1.54, 1.807) is 12.1 Å². The highest BCUT2D eigenvalue weighted by Crippen LogP contribution is 2.30. The molecule has 0 atom stereocenters. The molecule has 0 radical (unpaired) electrons. The second-order valence-corrected chi connectivity index (χ2v) is 5.86. The fraction of sp³-hybridized carbons (Fsp3) is 0.625. The Morgan fingerprint density at radius 2 is 1.95 bits per heavy atom. The van der Waals surface area contributed by atoms with Crippen molar-refractivity contribution in [1.82, 2.24) is 4.98 Å². The predicted octanol–water partition coefficient (Wildman–Crippen LogP) is 3.72. The minimum absolute atomic E-state index is 0.301. The normalized spacial score (nSPS) is 22.5. The number of carboxylic acid groups (broad SMARTS) is 1. The number of carbonyl (C=O) groups is 1. The second-order valence-electron chi connectivity index (χ2n) is 5.86. The maximum absolute atomic E-state index is 11.0. The number of pyridine rings is 1. The zero-order valence-corrected chi connectivity index (χ0v) is 12.4. The minimum atomic E-state index is -0.901. The van der Waals surface area contributed by atoms with E-state index in [1.165, 1.54) is 32.1 Å². The van der Waals surface area contributed by atoms with Crippen molar-refractivity contribution in [3.05, 3.63) is 23.4 Å². The third-order valence-electron chi connectivity index (χ3n) is 4.32. The number of aryl methyl sites for hydroxylation is 1. The maximum Gasteiger partial charge on any atom is 0.335 e. The summed E-state index contributed by atoms with van der Waals surface area (Å²) in [5.74, 6) is 1.37. The Hall–Kier alpha value is -1.58. The van der Waals surface area contributed by atoms with Crippen molar-refractivity contribution < 1.29 is 9.90 Å². The largest absolute Gasteiger partial charge is 0.478 e. The average Bonchev–Trinajstić information content (AvgIpc) is 2.45. The Morgan fingerprint density at radius 3 is 2.55 bits per heavy atom. The van der Waals surface area contributed by atoms with Crippen molar-refractivity contribution in [3.63, 3.8) is 0 Å². The second kappa shape index (κ2) is 6.73. The van der Waals surface area contributed by atoms with Gasteiger partial charge in [-0.25, -0.2) is 9.78 Å². The fourth-order valence-electron chi connectivity index (χ4n) is 2.98. The number of nitrogens with zero attached hydrogens (tertiary/aromatic N) is 1. The number of hydrogen-bond acceptors (Lipinski definition) is 3. The molecule has 0 spiro atoms. The quantitative estimate of drug-likeness (QED) is 0.860. The van der Waals surface area contributed by atoms with Crippen LogP contribution in [0.2, 0.25) is 0 Å². The molecule has 1 heterocycles. The molecule has 1 aromatic heterocycles. The molecule has 2 rings (SSSR count). The van der Waals surface area contributed by atoms with Crippen LogP contribution in [-0.4, -0.2) is 22.6 Å². The van der Waals surface area contributed by atoms with E-state index in [2.05, 4.69) is 17.2 Å². The molecule has 1 aromatic rings. The lowest BCUT2D eigenvalue weighted by Crippen LogP contribution is -2.21. The summed E-state index contributed by atoms with van der Waals surface area (Å²) < 4.78 is 0. The highest BCUT2D eigenvalue weighted by atomic mass is 16.4. The zero-order valence-electron chi connectivity index (χ0n) is 12.4. The van der Waals surface area contributed by atoms with E-state index in [-0.39, 0.29) is 0 Å². The molecule has 2 N–H and O–H groups in total. The topological polar surface area (TPSA) is 62.2 Å². The Morgan fingerprint density at radius 1 is 1.30 bits per heavy atom. The van der Waals surface area contributed by atoms with Gasteiger partial charge in [0.1, 0.15) is 5.82 Å². The molecule has 0 aromatic carbocycles. The zero-order chi connectivity index (χ0) is 14.5. The molecule has 4 nitrogen and oxygen atoms in total. The Labute approximate surface area is 120 Å². The molecule has 1 saturated carbocycles. The van der Waals surface area contributed by atoms with Crippen LogP contribution in [0.5, 0.6) is 0 Å². The summed E-state index contributed by atoms with van der Waals surface area (Å²) in [5, 5.41) is 12.4. The molecule has 0 aliphatic heterocycles. The molecular weight excluding hydrogens is 252 g/mol. The van der Waals surface area contributed by atoms with Gasteiger partial charge in [-0.3, -0.25) is 0 Å². The van der Waals surface area contributed by atoms with E-state index in [0.29, 0.717) is 17.3 Å². The van der Waals surface area contributed by atoms with Crippen molar-refractivity contribution in [1.29, 1.82) is 0 Å². The van der Waals surface area contributed by atoms with Gasteiger partial charge in [0.15, 0.2) is 0 Å². The fourth-order valence-corrected chi connectivity index (χ4v) is 2.98. The summed E-state index contributed by atoms with van der Waals surface area (Å²) in [6.45, 7) is 4.99. The summed E-state index contributed by atoms with van der Waals surface area (Å²) in [6, 6.07) is 3.22. The molecule has 110 valence electrons. The molecule has 1 fully saturated rings. The molecule has 20 heavy (non-hydrogen) atoms. The highest BCUT2D eigenvalue weighted by molar-refractivity contribution is 5.88. The van der Waals surface area contributed by atoms with Crippen LogP contribution in [0.1, 0.15) is 55.1 Å². The predicted molar refractivity (Wildman–Crippen MR) is 80.2 cm³/mol. The summed E-state index contributed by atoms with van der Waals surface area (Å²) >= 11 is 0. The maximum atomic E-state index is 11.0. The van der Waals surface area contributed by atoms with Crippen LogP contribution in [0.15, 0.2) is 12.1 Å². The Bertz CT molecular complexity index is 466. The van der Waals surface area contributed by atoms with Gasteiger partial charge in [0.2, 0.25) is 0 Å².